The lowest BCUT2D eigenvalue weighted by atomic mass is 10.1. The maximum absolute atomic E-state index is 12.5. The molecule has 142 valence electrons. The number of nitrogens with zero attached hydrogens (tertiary/aromatic N) is 2. The van der Waals surface area contributed by atoms with Crippen molar-refractivity contribution in [3.63, 3.8) is 0 Å². The number of halogens is 4. The van der Waals surface area contributed by atoms with Crippen LogP contribution in [0, 0.1) is 5.92 Å². The van der Waals surface area contributed by atoms with Crippen molar-refractivity contribution in [2.45, 2.75) is 50.7 Å². The molecule has 0 radical (unpaired) electrons. The Hall–Kier alpha value is -0.300. The van der Waals surface area contributed by atoms with E-state index in [2.05, 4.69) is 22.5 Å². The summed E-state index contributed by atoms with van der Waals surface area (Å²) in [6.07, 6.45) is 1.71. The van der Waals surface area contributed by atoms with Crippen molar-refractivity contribution < 1.29 is 21.6 Å². The molecule has 1 saturated carbocycles. The SMILES string of the molecule is CCN=C(NC1CCN(S(=O)(=O)C(F)(F)F)CC1)NC1CC1C.I. The Morgan fingerprint density at radius 1 is 1.25 bits per heavy atom. The number of guanidine groups is 1. The van der Waals surface area contributed by atoms with E-state index in [1.165, 1.54) is 0 Å². The van der Waals surface area contributed by atoms with Crippen molar-refractivity contribution in [2.24, 2.45) is 10.9 Å². The van der Waals surface area contributed by atoms with E-state index in [4.69, 9.17) is 0 Å². The lowest BCUT2D eigenvalue weighted by molar-refractivity contribution is -0.0494. The second-order valence-electron chi connectivity index (χ2n) is 6.06. The first-order valence-corrected chi connectivity index (χ1v) is 9.23. The van der Waals surface area contributed by atoms with Crippen LogP contribution in [0.25, 0.3) is 0 Å². The number of aliphatic imine (C=N–C) groups is 1. The van der Waals surface area contributed by atoms with Crippen molar-refractivity contribution in [1.82, 2.24) is 14.9 Å². The Bertz CT molecular complexity index is 548. The third kappa shape index (κ3) is 5.35. The topological polar surface area (TPSA) is 73.8 Å². The second-order valence-corrected chi connectivity index (χ2v) is 7.98. The molecule has 0 spiro atoms. The average Bonchev–Trinajstić information content (AvgIpc) is 3.13. The fourth-order valence-electron chi connectivity index (χ4n) is 2.57. The van der Waals surface area contributed by atoms with Gasteiger partial charge in [0.15, 0.2) is 5.96 Å². The molecule has 2 aliphatic rings. The molecule has 2 unspecified atom stereocenters. The average molecular weight is 484 g/mol. The molecule has 0 aromatic rings. The van der Waals surface area contributed by atoms with Gasteiger partial charge in [-0.25, -0.2) is 8.42 Å². The first kappa shape index (κ1) is 21.7. The number of rotatable bonds is 4. The molecule has 11 heteroatoms. The summed E-state index contributed by atoms with van der Waals surface area (Å²) in [7, 11) is -5.22. The van der Waals surface area contributed by atoms with Gasteiger partial charge in [0, 0.05) is 31.7 Å². The van der Waals surface area contributed by atoms with Crippen molar-refractivity contribution >= 4 is 40.0 Å². The van der Waals surface area contributed by atoms with Crippen molar-refractivity contribution in [1.29, 1.82) is 0 Å². The summed E-state index contributed by atoms with van der Waals surface area (Å²) < 4.78 is 60.9. The van der Waals surface area contributed by atoms with Crippen LogP contribution in [-0.4, -0.2) is 55.9 Å². The molecule has 1 aliphatic heterocycles. The maximum atomic E-state index is 12.5. The van der Waals surface area contributed by atoms with Gasteiger partial charge in [-0.05, 0) is 32.1 Å². The van der Waals surface area contributed by atoms with Gasteiger partial charge in [0.1, 0.15) is 0 Å². The minimum atomic E-state index is -5.23. The first-order chi connectivity index (χ1) is 10.6. The fraction of sp³-hybridized carbons (Fsp3) is 0.923. The van der Waals surface area contributed by atoms with E-state index in [-0.39, 0.29) is 43.1 Å². The van der Waals surface area contributed by atoms with Gasteiger partial charge in [-0.1, -0.05) is 6.92 Å². The van der Waals surface area contributed by atoms with Gasteiger partial charge < -0.3 is 10.6 Å². The zero-order valence-electron chi connectivity index (χ0n) is 13.6. The lowest BCUT2D eigenvalue weighted by Crippen LogP contribution is -2.52. The predicted molar refractivity (Wildman–Crippen MR) is 96.8 cm³/mol. The highest BCUT2D eigenvalue weighted by atomic mass is 127. The van der Waals surface area contributed by atoms with Crippen LogP contribution in [0.4, 0.5) is 13.2 Å². The summed E-state index contributed by atoms with van der Waals surface area (Å²) in [6, 6.07) is 0.306. The quantitative estimate of drug-likeness (QED) is 0.363. The van der Waals surface area contributed by atoms with Crippen molar-refractivity contribution in [3.8, 4) is 0 Å². The van der Waals surface area contributed by atoms with E-state index < -0.39 is 15.5 Å². The molecule has 1 saturated heterocycles. The molecule has 0 bridgehead atoms. The van der Waals surface area contributed by atoms with Crippen LogP contribution in [0.1, 0.15) is 33.1 Å². The molecule has 2 fully saturated rings. The summed E-state index contributed by atoms with van der Waals surface area (Å²) >= 11 is 0. The molecule has 0 aromatic carbocycles. The number of hydrogen-bond donors (Lipinski definition) is 2. The lowest BCUT2D eigenvalue weighted by Gasteiger charge is -2.32. The Morgan fingerprint density at radius 2 is 1.79 bits per heavy atom. The zero-order valence-corrected chi connectivity index (χ0v) is 16.8. The molecular formula is C13H24F3IN4O2S. The van der Waals surface area contributed by atoms with Crippen molar-refractivity contribution in [3.05, 3.63) is 0 Å². The monoisotopic (exact) mass is 484 g/mol. The summed E-state index contributed by atoms with van der Waals surface area (Å²) in [5.74, 6) is 1.25. The van der Waals surface area contributed by atoms with Gasteiger partial charge in [-0.15, -0.1) is 24.0 Å². The van der Waals surface area contributed by atoms with Gasteiger partial charge in [0.2, 0.25) is 0 Å². The van der Waals surface area contributed by atoms with Crippen LogP contribution in [0.3, 0.4) is 0 Å². The predicted octanol–water partition coefficient (Wildman–Crippen LogP) is 1.88. The number of nitrogens with one attached hydrogen (secondary N) is 2. The summed E-state index contributed by atoms with van der Waals surface area (Å²) in [5.41, 5.74) is -5.23. The summed E-state index contributed by atoms with van der Waals surface area (Å²) in [6.45, 7) is 4.34. The van der Waals surface area contributed by atoms with Gasteiger partial charge in [-0.3, -0.25) is 4.99 Å². The number of sulfonamides is 1. The molecule has 2 atom stereocenters. The van der Waals surface area contributed by atoms with Gasteiger partial charge in [0.25, 0.3) is 0 Å². The van der Waals surface area contributed by atoms with Crippen LogP contribution >= 0.6 is 24.0 Å². The molecule has 24 heavy (non-hydrogen) atoms. The summed E-state index contributed by atoms with van der Waals surface area (Å²) in [5, 5.41) is 6.48. The molecular weight excluding hydrogens is 460 g/mol. The van der Waals surface area contributed by atoms with Crippen LogP contribution in [0.5, 0.6) is 0 Å². The second kappa shape index (κ2) is 8.39. The minimum absolute atomic E-state index is 0. The number of piperidine rings is 1. The molecule has 0 amide bonds. The van der Waals surface area contributed by atoms with Crippen LogP contribution in [0.2, 0.25) is 0 Å². The molecule has 1 heterocycles. The van der Waals surface area contributed by atoms with Crippen molar-refractivity contribution in [2.75, 3.05) is 19.6 Å². The number of alkyl halides is 3. The Labute approximate surface area is 157 Å². The van der Waals surface area contributed by atoms with Gasteiger partial charge >= 0.3 is 15.5 Å². The molecule has 0 aromatic heterocycles. The highest BCUT2D eigenvalue weighted by molar-refractivity contribution is 14.0. The third-order valence-corrected chi connectivity index (χ3v) is 5.80. The van der Waals surface area contributed by atoms with Gasteiger partial charge in [0.05, 0.1) is 0 Å². The maximum Gasteiger partial charge on any atom is 0.511 e. The third-order valence-electron chi connectivity index (χ3n) is 4.17. The first-order valence-electron chi connectivity index (χ1n) is 7.79. The van der Waals surface area contributed by atoms with Crippen LogP contribution in [0.15, 0.2) is 4.99 Å². The molecule has 1 aliphatic carbocycles. The largest absolute Gasteiger partial charge is 0.511 e. The van der Waals surface area contributed by atoms with Crippen LogP contribution in [-0.2, 0) is 10.0 Å². The smallest absolute Gasteiger partial charge is 0.354 e. The Balaban J connectivity index is 0.00000288. The highest BCUT2D eigenvalue weighted by Gasteiger charge is 2.50. The zero-order chi connectivity index (χ0) is 17.3. The normalized spacial score (nSPS) is 26.6. The van der Waals surface area contributed by atoms with Crippen LogP contribution < -0.4 is 10.6 Å². The van der Waals surface area contributed by atoms with E-state index >= 15 is 0 Å². The Morgan fingerprint density at radius 3 is 2.21 bits per heavy atom. The fourth-order valence-corrected chi connectivity index (χ4v) is 3.55. The Kier molecular flexibility index (Phi) is 7.60. The standard InChI is InChI=1S/C13H23F3N4O2S.HI/c1-3-17-12(19-11-8-9(11)2)18-10-4-6-20(7-5-10)23(21,22)13(14,15)16;/h9-11H,3-8H2,1-2H3,(H2,17,18,19);1H. The highest BCUT2D eigenvalue weighted by Crippen LogP contribution is 2.30. The molecule has 6 nitrogen and oxygen atoms in total. The van der Waals surface area contributed by atoms with E-state index in [0.29, 0.717) is 41.6 Å². The van der Waals surface area contributed by atoms with E-state index in [1.54, 1.807) is 0 Å². The number of hydrogen-bond acceptors (Lipinski definition) is 3. The van der Waals surface area contributed by atoms with E-state index in [9.17, 15) is 21.6 Å². The van der Waals surface area contributed by atoms with E-state index in [1.807, 2.05) is 6.92 Å². The van der Waals surface area contributed by atoms with Gasteiger partial charge in [-0.2, -0.15) is 17.5 Å². The molecule has 2 rings (SSSR count). The molecule has 2 N–H and O–H groups in total. The summed E-state index contributed by atoms with van der Waals surface area (Å²) in [4.78, 5) is 4.32. The minimum Gasteiger partial charge on any atom is -0.354 e. The van der Waals surface area contributed by atoms with E-state index in [0.717, 1.165) is 6.42 Å².